The maximum Gasteiger partial charge on any atom is 0.324 e. The van der Waals surface area contributed by atoms with Crippen LogP contribution in [0.2, 0.25) is 0 Å². The van der Waals surface area contributed by atoms with Gasteiger partial charge in [0.05, 0.1) is 39.3 Å². The first kappa shape index (κ1) is 28.0. The number of hydrogen-bond donors (Lipinski definition) is 1. The molecule has 1 aliphatic heterocycles. The Morgan fingerprint density at radius 2 is 1.59 bits per heavy atom. The van der Waals surface area contributed by atoms with E-state index in [0.717, 1.165) is 27.5 Å². The monoisotopic (exact) mass is 588 g/mol. The van der Waals surface area contributed by atoms with Crippen molar-refractivity contribution in [3.63, 3.8) is 0 Å². The number of rotatable bonds is 6. The summed E-state index contributed by atoms with van der Waals surface area (Å²) >= 11 is 0. The number of benzene rings is 4. The molecule has 4 aromatic carbocycles. The van der Waals surface area contributed by atoms with Gasteiger partial charge in [-0.25, -0.2) is 4.79 Å². The van der Waals surface area contributed by atoms with E-state index in [1.54, 1.807) is 21.3 Å². The van der Waals surface area contributed by atoms with Gasteiger partial charge < -0.3 is 19.5 Å². The molecule has 6 atom stereocenters. The first-order valence-electron chi connectivity index (χ1n) is 15.1. The third-order valence-electron chi connectivity index (χ3n) is 10.1. The van der Waals surface area contributed by atoms with Crippen LogP contribution in [0.1, 0.15) is 54.0 Å². The smallest absolute Gasteiger partial charge is 0.324 e. The second-order valence-electron chi connectivity index (χ2n) is 12.0. The molecule has 0 saturated carbocycles. The maximum absolute atomic E-state index is 14.7. The Morgan fingerprint density at radius 3 is 2.32 bits per heavy atom. The Morgan fingerprint density at radius 1 is 0.909 bits per heavy atom. The van der Waals surface area contributed by atoms with E-state index in [4.69, 9.17) is 14.2 Å². The molecule has 2 bridgehead atoms. The highest BCUT2D eigenvalue weighted by Crippen LogP contribution is 2.64. The molecule has 4 aromatic rings. The van der Waals surface area contributed by atoms with Gasteiger partial charge in [-0.3, -0.25) is 9.69 Å². The van der Waals surface area contributed by atoms with Gasteiger partial charge in [-0.2, -0.15) is 0 Å². The van der Waals surface area contributed by atoms with Gasteiger partial charge in [0.1, 0.15) is 0 Å². The van der Waals surface area contributed by atoms with Crippen LogP contribution in [0.4, 0.5) is 4.79 Å². The normalized spacial score (nSPS) is 25.4. The first-order valence-corrected chi connectivity index (χ1v) is 15.1. The molecule has 224 valence electrons. The molecule has 1 spiro atoms. The lowest BCUT2D eigenvalue weighted by Gasteiger charge is -2.51. The van der Waals surface area contributed by atoms with Crippen molar-refractivity contribution in [1.82, 2.24) is 10.2 Å². The lowest BCUT2D eigenvalue weighted by Crippen LogP contribution is -2.51. The Kier molecular flexibility index (Phi) is 6.65. The largest absolute Gasteiger partial charge is 0.493 e. The lowest BCUT2D eigenvalue weighted by molar-refractivity contribution is -0.130. The van der Waals surface area contributed by atoms with E-state index in [9.17, 15) is 9.59 Å². The molecule has 0 aromatic heterocycles. The highest BCUT2D eigenvalue weighted by atomic mass is 16.5. The molecular weight excluding hydrogens is 552 g/mol. The number of carbonyl (C=O) groups excluding carboxylic acids is 2. The van der Waals surface area contributed by atoms with Crippen molar-refractivity contribution in [2.45, 2.75) is 43.2 Å². The second kappa shape index (κ2) is 10.4. The summed E-state index contributed by atoms with van der Waals surface area (Å²) in [4.78, 5) is 30.3. The minimum absolute atomic E-state index is 0.0605. The third kappa shape index (κ3) is 3.81. The van der Waals surface area contributed by atoms with Gasteiger partial charge in [-0.15, -0.1) is 0 Å². The Hall–Kier alpha value is -4.78. The van der Waals surface area contributed by atoms with Crippen LogP contribution in [0.3, 0.4) is 0 Å². The van der Waals surface area contributed by atoms with Crippen molar-refractivity contribution < 1.29 is 23.8 Å². The van der Waals surface area contributed by atoms with Crippen LogP contribution in [-0.2, 0) is 10.2 Å². The standard InChI is InChI=1S/C37H36N2O5/c1-21(25-15-10-12-23-11-6-7-13-26(23)25)38-36(41)39-22(2)37-18-17-28(27-14-8-9-16-29(27)37)32(33(37)35(39)40)24-19-30(42-3)34(44-5)31(20-24)43-4/h6-22,28,32-33H,1-5H3,(H,38,41)/t21-,22-,28+,32+,33+,37+/m0/s1. The number of carbonyl (C=O) groups is 2. The number of likely N-dealkylation sites (tertiary alicyclic amines) is 1. The number of allylic oxidation sites excluding steroid dienone is 1. The van der Waals surface area contributed by atoms with Crippen LogP contribution in [0.5, 0.6) is 17.2 Å². The average molecular weight is 589 g/mol. The minimum Gasteiger partial charge on any atom is -0.493 e. The van der Waals surface area contributed by atoms with Crippen LogP contribution >= 0.6 is 0 Å². The topological polar surface area (TPSA) is 77.1 Å². The number of hydrogen-bond acceptors (Lipinski definition) is 5. The highest BCUT2D eigenvalue weighted by molar-refractivity contribution is 6.01. The summed E-state index contributed by atoms with van der Waals surface area (Å²) in [5.41, 5.74) is 3.51. The molecule has 44 heavy (non-hydrogen) atoms. The average Bonchev–Trinajstić information content (AvgIpc) is 3.30. The van der Waals surface area contributed by atoms with E-state index >= 15 is 0 Å². The Bertz CT molecular complexity index is 1800. The van der Waals surface area contributed by atoms with E-state index in [0.29, 0.717) is 17.2 Å². The van der Waals surface area contributed by atoms with Gasteiger partial charge in [-0.05, 0) is 59.0 Å². The number of urea groups is 1. The third-order valence-corrected chi connectivity index (χ3v) is 10.1. The summed E-state index contributed by atoms with van der Waals surface area (Å²) in [5.74, 6) is 0.589. The van der Waals surface area contributed by atoms with Crippen LogP contribution < -0.4 is 19.5 Å². The fraction of sp³-hybridized carbons (Fsp3) is 0.297. The van der Waals surface area contributed by atoms with Gasteiger partial charge in [0.25, 0.3) is 0 Å². The van der Waals surface area contributed by atoms with E-state index in [1.807, 2.05) is 62.4 Å². The Balaban J connectivity index is 1.32. The van der Waals surface area contributed by atoms with Gasteiger partial charge in [0.2, 0.25) is 11.7 Å². The lowest BCUT2D eigenvalue weighted by atomic mass is 9.50. The number of ether oxygens (including phenoxy) is 3. The summed E-state index contributed by atoms with van der Waals surface area (Å²) in [6.07, 6.45) is 4.40. The highest BCUT2D eigenvalue weighted by Gasteiger charge is 2.66. The second-order valence-corrected chi connectivity index (χ2v) is 12.0. The fourth-order valence-corrected chi connectivity index (χ4v) is 8.19. The van der Waals surface area contributed by atoms with Gasteiger partial charge in [0, 0.05) is 17.3 Å². The van der Waals surface area contributed by atoms with E-state index < -0.39 is 17.4 Å². The van der Waals surface area contributed by atoms with E-state index in [2.05, 4.69) is 47.8 Å². The van der Waals surface area contributed by atoms with E-state index in [-0.39, 0.29) is 29.8 Å². The molecule has 1 saturated heterocycles. The minimum atomic E-state index is -0.687. The SMILES string of the molecule is COc1cc([C@@H]2[C@@H]3C=C[C@]4(c5ccccc53)[C@H](C)N(C(=O)N[C@@H](C)c3cccc5ccccc35)C(=O)[C@@H]24)cc(OC)c1OC. The van der Waals surface area contributed by atoms with Crippen LogP contribution in [0, 0.1) is 5.92 Å². The predicted octanol–water partition coefficient (Wildman–Crippen LogP) is 6.87. The van der Waals surface area contributed by atoms with Crippen molar-refractivity contribution in [1.29, 1.82) is 0 Å². The van der Waals surface area contributed by atoms with Crippen molar-refractivity contribution in [3.05, 3.63) is 113 Å². The number of methoxy groups -OCH3 is 3. The molecule has 1 N–H and O–H groups in total. The number of fused-ring (bicyclic) bond motifs is 1. The summed E-state index contributed by atoms with van der Waals surface area (Å²) in [7, 11) is 4.77. The molecule has 1 fully saturated rings. The molecule has 7 nitrogen and oxygen atoms in total. The zero-order valence-electron chi connectivity index (χ0n) is 25.5. The summed E-state index contributed by atoms with van der Waals surface area (Å²) in [6.45, 7) is 3.97. The molecule has 4 aliphatic rings. The molecule has 0 unspecified atom stereocenters. The molecular formula is C37H36N2O5. The summed E-state index contributed by atoms with van der Waals surface area (Å²) in [6, 6.07) is 25.3. The molecule has 0 radical (unpaired) electrons. The quantitative estimate of drug-likeness (QED) is 0.249. The van der Waals surface area contributed by atoms with Crippen molar-refractivity contribution >= 4 is 22.7 Å². The molecule has 8 rings (SSSR count). The van der Waals surface area contributed by atoms with Crippen LogP contribution in [0.15, 0.2) is 91.0 Å². The zero-order valence-corrected chi connectivity index (χ0v) is 25.5. The fourth-order valence-electron chi connectivity index (χ4n) is 8.19. The molecule has 1 heterocycles. The predicted molar refractivity (Wildman–Crippen MR) is 170 cm³/mol. The first-order chi connectivity index (χ1) is 21.3. The van der Waals surface area contributed by atoms with E-state index in [1.165, 1.54) is 10.5 Å². The summed E-state index contributed by atoms with van der Waals surface area (Å²) in [5, 5.41) is 5.35. The Labute approximate surface area is 257 Å². The molecule has 7 heteroatoms. The van der Waals surface area contributed by atoms with Gasteiger partial charge in [-0.1, -0.05) is 78.9 Å². The van der Waals surface area contributed by atoms with Crippen molar-refractivity contribution in [2.24, 2.45) is 5.92 Å². The number of amides is 3. The number of imide groups is 1. The van der Waals surface area contributed by atoms with Crippen molar-refractivity contribution in [2.75, 3.05) is 21.3 Å². The van der Waals surface area contributed by atoms with Gasteiger partial charge >= 0.3 is 6.03 Å². The van der Waals surface area contributed by atoms with Gasteiger partial charge in [0.15, 0.2) is 11.5 Å². The van der Waals surface area contributed by atoms with Crippen molar-refractivity contribution in [3.8, 4) is 17.2 Å². The molecule has 3 aliphatic carbocycles. The summed E-state index contributed by atoms with van der Waals surface area (Å²) < 4.78 is 17.0. The zero-order chi connectivity index (χ0) is 30.7. The maximum atomic E-state index is 14.7. The van der Waals surface area contributed by atoms with Crippen LogP contribution in [0.25, 0.3) is 10.8 Å². The van der Waals surface area contributed by atoms with Crippen LogP contribution in [-0.4, -0.2) is 44.2 Å². The number of nitrogens with one attached hydrogen (secondary N) is 1. The number of nitrogens with zero attached hydrogens (tertiary/aromatic N) is 1. The molecule has 3 amide bonds.